The third-order valence-corrected chi connectivity index (χ3v) is 3.84. The van der Waals surface area contributed by atoms with Crippen LogP contribution in [0.3, 0.4) is 0 Å². The topological polar surface area (TPSA) is 51.2 Å². The number of anilines is 1. The number of hydrogen-bond acceptors (Lipinski definition) is 4. The second kappa shape index (κ2) is 6.16. The van der Waals surface area contributed by atoms with Crippen molar-refractivity contribution in [2.45, 2.75) is 20.0 Å². The Morgan fingerprint density at radius 2 is 2.21 bits per heavy atom. The molecule has 0 unspecified atom stereocenters. The van der Waals surface area contributed by atoms with E-state index in [0.29, 0.717) is 10.9 Å². The smallest absolute Gasteiger partial charge is 0.266 e. The SMILES string of the molecule is Cc1cnc(NC(=O)[C@@H](C)Oc2ccccc2Br)s1. The van der Waals surface area contributed by atoms with Crippen LogP contribution in [0, 0.1) is 6.92 Å². The summed E-state index contributed by atoms with van der Waals surface area (Å²) in [6.45, 7) is 3.64. The molecule has 2 aromatic rings. The summed E-state index contributed by atoms with van der Waals surface area (Å²) in [5.74, 6) is 0.422. The van der Waals surface area contributed by atoms with Gasteiger partial charge in [0, 0.05) is 11.1 Å². The van der Waals surface area contributed by atoms with Gasteiger partial charge >= 0.3 is 0 Å². The number of nitrogens with one attached hydrogen (secondary N) is 1. The van der Waals surface area contributed by atoms with E-state index in [9.17, 15) is 4.79 Å². The van der Waals surface area contributed by atoms with Crippen LogP contribution in [0.4, 0.5) is 5.13 Å². The lowest BCUT2D eigenvalue weighted by Crippen LogP contribution is -2.30. The molecule has 1 atom stereocenters. The molecule has 0 fully saturated rings. The molecule has 1 amide bonds. The third-order valence-electron chi connectivity index (χ3n) is 2.36. The average Bonchev–Trinajstić information content (AvgIpc) is 2.77. The Bertz CT molecular complexity index is 586. The number of aryl methyl sites for hydroxylation is 1. The highest BCUT2D eigenvalue weighted by molar-refractivity contribution is 9.10. The number of amides is 1. The monoisotopic (exact) mass is 340 g/mol. The molecule has 1 aromatic heterocycles. The van der Waals surface area contributed by atoms with Crippen LogP contribution in [-0.4, -0.2) is 17.0 Å². The average molecular weight is 341 g/mol. The molecule has 100 valence electrons. The molecule has 0 radical (unpaired) electrons. The predicted octanol–water partition coefficient (Wildman–Crippen LogP) is 3.62. The molecule has 0 aliphatic rings. The molecule has 0 saturated carbocycles. The Hall–Kier alpha value is -1.40. The number of aromatic nitrogens is 1. The van der Waals surface area contributed by atoms with Crippen LogP contribution < -0.4 is 10.1 Å². The highest BCUT2D eigenvalue weighted by atomic mass is 79.9. The molecule has 0 bridgehead atoms. The van der Waals surface area contributed by atoms with E-state index in [-0.39, 0.29) is 5.91 Å². The lowest BCUT2D eigenvalue weighted by atomic mass is 10.3. The number of para-hydroxylation sites is 1. The number of carbonyl (C=O) groups excluding carboxylic acids is 1. The van der Waals surface area contributed by atoms with Crippen molar-refractivity contribution < 1.29 is 9.53 Å². The molecular weight excluding hydrogens is 328 g/mol. The summed E-state index contributed by atoms with van der Waals surface area (Å²) in [7, 11) is 0. The minimum atomic E-state index is -0.595. The summed E-state index contributed by atoms with van der Waals surface area (Å²) in [6, 6.07) is 7.42. The van der Waals surface area contributed by atoms with Gasteiger partial charge in [-0.25, -0.2) is 4.98 Å². The fourth-order valence-electron chi connectivity index (χ4n) is 1.40. The van der Waals surface area contributed by atoms with Crippen LogP contribution in [0.15, 0.2) is 34.9 Å². The highest BCUT2D eigenvalue weighted by Gasteiger charge is 2.17. The maximum absolute atomic E-state index is 12.0. The number of halogens is 1. The molecular formula is C13H13BrN2O2S. The van der Waals surface area contributed by atoms with Crippen LogP contribution in [0.25, 0.3) is 0 Å². The first-order valence-electron chi connectivity index (χ1n) is 5.71. The third kappa shape index (κ3) is 3.78. The Morgan fingerprint density at radius 3 is 2.84 bits per heavy atom. The fourth-order valence-corrected chi connectivity index (χ4v) is 2.45. The number of ether oxygens (including phenoxy) is 1. The van der Waals surface area contributed by atoms with Crippen LogP contribution >= 0.6 is 27.3 Å². The number of benzene rings is 1. The van der Waals surface area contributed by atoms with E-state index >= 15 is 0 Å². The van der Waals surface area contributed by atoms with Crippen molar-refractivity contribution in [1.29, 1.82) is 0 Å². The van der Waals surface area contributed by atoms with Crippen molar-refractivity contribution in [1.82, 2.24) is 4.98 Å². The minimum absolute atomic E-state index is 0.217. The van der Waals surface area contributed by atoms with Crippen LogP contribution in [-0.2, 0) is 4.79 Å². The van der Waals surface area contributed by atoms with Gasteiger partial charge in [-0.1, -0.05) is 12.1 Å². The molecule has 1 heterocycles. The Labute approximate surface area is 124 Å². The minimum Gasteiger partial charge on any atom is -0.480 e. The molecule has 0 spiro atoms. The summed E-state index contributed by atoms with van der Waals surface area (Å²) in [5.41, 5.74) is 0. The van der Waals surface area contributed by atoms with Crippen molar-refractivity contribution in [2.75, 3.05) is 5.32 Å². The van der Waals surface area contributed by atoms with E-state index in [1.807, 2.05) is 25.1 Å². The van der Waals surface area contributed by atoms with Crippen LogP contribution in [0.5, 0.6) is 5.75 Å². The quantitative estimate of drug-likeness (QED) is 0.924. The van der Waals surface area contributed by atoms with E-state index in [4.69, 9.17) is 4.74 Å². The van der Waals surface area contributed by atoms with Gasteiger partial charge in [0.1, 0.15) is 5.75 Å². The molecule has 0 aliphatic carbocycles. The van der Waals surface area contributed by atoms with Gasteiger partial charge in [-0.2, -0.15) is 0 Å². The van der Waals surface area contributed by atoms with Crippen molar-refractivity contribution in [2.24, 2.45) is 0 Å². The lowest BCUT2D eigenvalue weighted by molar-refractivity contribution is -0.122. The molecule has 4 nitrogen and oxygen atoms in total. The van der Waals surface area contributed by atoms with E-state index in [1.54, 1.807) is 19.2 Å². The maximum atomic E-state index is 12.0. The number of thiazole rings is 1. The van der Waals surface area contributed by atoms with E-state index < -0.39 is 6.10 Å². The van der Waals surface area contributed by atoms with Gasteiger partial charge in [-0.3, -0.25) is 10.1 Å². The Morgan fingerprint density at radius 1 is 1.47 bits per heavy atom. The first kappa shape index (κ1) is 14.0. The number of carbonyl (C=O) groups is 1. The number of nitrogens with zero attached hydrogens (tertiary/aromatic N) is 1. The van der Waals surface area contributed by atoms with Crippen LogP contribution in [0.1, 0.15) is 11.8 Å². The zero-order valence-electron chi connectivity index (χ0n) is 10.5. The summed E-state index contributed by atoms with van der Waals surface area (Å²) in [5, 5.41) is 3.32. The lowest BCUT2D eigenvalue weighted by Gasteiger charge is -2.14. The van der Waals surface area contributed by atoms with Crippen LogP contribution in [0.2, 0.25) is 0 Å². The molecule has 6 heteroatoms. The molecule has 2 rings (SSSR count). The molecule has 1 N–H and O–H groups in total. The van der Waals surface area contributed by atoms with E-state index in [2.05, 4.69) is 26.2 Å². The zero-order valence-corrected chi connectivity index (χ0v) is 12.9. The van der Waals surface area contributed by atoms with Crippen molar-refractivity contribution in [3.63, 3.8) is 0 Å². The van der Waals surface area contributed by atoms with Gasteiger partial charge in [0.15, 0.2) is 11.2 Å². The second-order valence-corrected chi connectivity index (χ2v) is 6.04. The first-order valence-corrected chi connectivity index (χ1v) is 7.31. The maximum Gasteiger partial charge on any atom is 0.266 e. The number of hydrogen-bond donors (Lipinski definition) is 1. The Balaban J connectivity index is 1.98. The standard InChI is InChI=1S/C13H13BrN2O2S/c1-8-7-15-13(19-8)16-12(17)9(2)18-11-6-4-3-5-10(11)14/h3-7,9H,1-2H3,(H,15,16,17)/t9-/m1/s1. The number of rotatable bonds is 4. The van der Waals surface area contributed by atoms with Gasteiger partial charge in [0.05, 0.1) is 4.47 Å². The zero-order chi connectivity index (χ0) is 13.8. The van der Waals surface area contributed by atoms with Gasteiger partial charge in [0.25, 0.3) is 5.91 Å². The molecule has 19 heavy (non-hydrogen) atoms. The fraction of sp³-hybridized carbons (Fsp3) is 0.231. The largest absolute Gasteiger partial charge is 0.480 e. The van der Waals surface area contributed by atoms with E-state index in [0.717, 1.165) is 9.35 Å². The van der Waals surface area contributed by atoms with Gasteiger partial charge < -0.3 is 4.74 Å². The van der Waals surface area contributed by atoms with Crippen molar-refractivity contribution in [3.05, 3.63) is 39.8 Å². The highest BCUT2D eigenvalue weighted by Crippen LogP contribution is 2.25. The normalized spacial score (nSPS) is 11.9. The Kier molecular flexibility index (Phi) is 4.55. The van der Waals surface area contributed by atoms with Gasteiger partial charge in [-0.05, 0) is 41.9 Å². The van der Waals surface area contributed by atoms with Crippen molar-refractivity contribution >= 4 is 38.3 Å². The molecule has 0 aliphatic heterocycles. The second-order valence-electron chi connectivity index (χ2n) is 3.96. The summed E-state index contributed by atoms with van der Waals surface area (Å²) in [4.78, 5) is 17.1. The van der Waals surface area contributed by atoms with Crippen molar-refractivity contribution in [3.8, 4) is 5.75 Å². The van der Waals surface area contributed by atoms with Gasteiger partial charge in [0.2, 0.25) is 0 Å². The molecule has 0 saturated heterocycles. The predicted molar refractivity (Wildman–Crippen MR) is 79.7 cm³/mol. The summed E-state index contributed by atoms with van der Waals surface area (Å²) < 4.78 is 6.42. The summed E-state index contributed by atoms with van der Waals surface area (Å²) in [6.07, 6.45) is 1.13. The van der Waals surface area contributed by atoms with Gasteiger partial charge in [-0.15, -0.1) is 11.3 Å². The molecule has 1 aromatic carbocycles. The summed E-state index contributed by atoms with van der Waals surface area (Å²) >= 11 is 4.81. The first-order chi connectivity index (χ1) is 9.06. The van der Waals surface area contributed by atoms with E-state index in [1.165, 1.54) is 11.3 Å².